The Balaban J connectivity index is 1.69. The lowest BCUT2D eigenvalue weighted by atomic mass is 10.1. The topological polar surface area (TPSA) is 111 Å². The number of rotatable bonds is 5. The number of furan rings is 1. The maximum Gasteiger partial charge on any atom is 0.433 e. The molecule has 2 heterocycles. The van der Waals surface area contributed by atoms with Crippen molar-refractivity contribution in [3.05, 3.63) is 82.4 Å². The Morgan fingerprint density at radius 3 is 2.68 bits per heavy atom. The van der Waals surface area contributed by atoms with Crippen molar-refractivity contribution in [1.29, 1.82) is 0 Å². The summed E-state index contributed by atoms with van der Waals surface area (Å²) in [7, 11) is 0. The highest BCUT2D eigenvalue weighted by molar-refractivity contribution is 5.94. The molecule has 2 aromatic heterocycles. The molecule has 25 heavy (non-hydrogen) atoms. The van der Waals surface area contributed by atoms with Crippen molar-refractivity contribution < 1.29 is 14.1 Å². The SMILES string of the molecule is O=C(N/N=C/c1ccc([N+](=O)[O-])o1)c1cc(-c2ccccc2)ccn1. The maximum atomic E-state index is 12.1. The van der Waals surface area contributed by atoms with E-state index >= 15 is 0 Å². The predicted octanol–water partition coefficient (Wildman–Crippen LogP) is 3.01. The number of hydrazone groups is 1. The highest BCUT2D eigenvalue weighted by Gasteiger charge is 2.11. The second kappa shape index (κ2) is 7.18. The van der Waals surface area contributed by atoms with Crippen LogP contribution in [-0.4, -0.2) is 22.0 Å². The van der Waals surface area contributed by atoms with Crippen molar-refractivity contribution in [2.45, 2.75) is 0 Å². The fourth-order valence-electron chi connectivity index (χ4n) is 2.09. The van der Waals surface area contributed by atoms with Crippen LogP contribution in [0, 0.1) is 10.1 Å². The zero-order valence-corrected chi connectivity index (χ0v) is 12.8. The van der Waals surface area contributed by atoms with Crippen molar-refractivity contribution >= 4 is 18.0 Å². The molecule has 3 aromatic rings. The summed E-state index contributed by atoms with van der Waals surface area (Å²) in [4.78, 5) is 26.0. The molecule has 0 aliphatic heterocycles. The Labute approximate surface area is 142 Å². The van der Waals surface area contributed by atoms with Gasteiger partial charge in [0, 0.05) is 6.20 Å². The zero-order chi connectivity index (χ0) is 17.6. The number of carbonyl (C=O) groups excluding carboxylic acids is 1. The van der Waals surface area contributed by atoms with E-state index in [-0.39, 0.29) is 11.5 Å². The van der Waals surface area contributed by atoms with Gasteiger partial charge in [0.1, 0.15) is 10.6 Å². The molecule has 0 fully saturated rings. The number of hydrogen-bond acceptors (Lipinski definition) is 6. The van der Waals surface area contributed by atoms with Crippen LogP contribution in [0.1, 0.15) is 16.2 Å². The molecule has 1 N–H and O–H groups in total. The first-order chi connectivity index (χ1) is 12.1. The van der Waals surface area contributed by atoms with Gasteiger partial charge in [-0.1, -0.05) is 30.3 Å². The van der Waals surface area contributed by atoms with Gasteiger partial charge < -0.3 is 4.42 Å². The van der Waals surface area contributed by atoms with Gasteiger partial charge in [0.2, 0.25) is 0 Å². The highest BCUT2D eigenvalue weighted by atomic mass is 16.6. The molecular formula is C17H12N4O4. The third-order valence-corrected chi connectivity index (χ3v) is 3.25. The molecule has 0 radical (unpaired) electrons. The molecule has 0 saturated heterocycles. The highest BCUT2D eigenvalue weighted by Crippen LogP contribution is 2.18. The van der Waals surface area contributed by atoms with Crippen LogP contribution in [0.4, 0.5) is 5.88 Å². The molecule has 0 spiro atoms. The van der Waals surface area contributed by atoms with Gasteiger partial charge in [-0.05, 0) is 29.3 Å². The van der Waals surface area contributed by atoms with E-state index in [1.807, 2.05) is 30.3 Å². The zero-order valence-electron chi connectivity index (χ0n) is 12.8. The van der Waals surface area contributed by atoms with E-state index in [1.54, 1.807) is 12.1 Å². The molecule has 0 atom stereocenters. The van der Waals surface area contributed by atoms with Gasteiger partial charge in [-0.2, -0.15) is 5.10 Å². The number of nitrogens with one attached hydrogen (secondary N) is 1. The first-order valence-electron chi connectivity index (χ1n) is 7.22. The van der Waals surface area contributed by atoms with Crippen LogP contribution in [0.25, 0.3) is 11.1 Å². The predicted molar refractivity (Wildman–Crippen MR) is 90.1 cm³/mol. The third-order valence-electron chi connectivity index (χ3n) is 3.25. The second-order valence-electron chi connectivity index (χ2n) is 4.93. The van der Waals surface area contributed by atoms with Crippen molar-refractivity contribution in [3.8, 4) is 11.1 Å². The fraction of sp³-hybridized carbons (Fsp3) is 0. The van der Waals surface area contributed by atoms with Crippen molar-refractivity contribution in [3.63, 3.8) is 0 Å². The molecule has 0 saturated carbocycles. The molecule has 8 nitrogen and oxygen atoms in total. The first-order valence-corrected chi connectivity index (χ1v) is 7.22. The Morgan fingerprint density at radius 2 is 1.96 bits per heavy atom. The summed E-state index contributed by atoms with van der Waals surface area (Å²) in [5, 5.41) is 14.2. The summed E-state index contributed by atoms with van der Waals surface area (Å²) in [5.41, 5.74) is 4.32. The molecule has 0 aliphatic carbocycles. The summed E-state index contributed by atoms with van der Waals surface area (Å²) in [5.74, 6) is -0.752. The standard InChI is InChI=1S/C17H12N4O4/c22-17(20-19-11-14-6-7-16(25-14)21(23)24)15-10-13(8-9-18-15)12-4-2-1-3-5-12/h1-11H,(H,20,22)/b19-11+. The number of hydrogen-bond donors (Lipinski definition) is 1. The summed E-state index contributed by atoms with van der Waals surface area (Å²) >= 11 is 0. The molecule has 3 rings (SSSR count). The van der Waals surface area contributed by atoms with Crippen LogP contribution in [0.15, 0.2) is 70.3 Å². The number of nitrogens with zero attached hydrogens (tertiary/aromatic N) is 3. The normalized spacial score (nSPS) is 10.7. The molecule has 1 aromatic carbocycles. The van der Waals surface area contributed by atoms with Crippen LogP contribution >= 0.6 is 0 Å². The van der Waals surface area contributed by atoms with Crippen LogP contribution in [0.2, 0.25) is 0 Å². The molecule has 124 valence electrons. The van der Waals surface area contributed by atoms with Gasteiger partial charge in [0.15, 0.2) is 5.76 Å². The fourth-order valence-corrected chi connectivity index (χ4v) is 2.09. The average Bonchev–Trinajstić information content (AvgIpc) is 3.12. The minimum atomic E-state index is -0.658. The second-order valence-corrected chi connectivity index (χ2v) is 4.93. The van der Waals surface area contributed by atoms with E-state index in [0.717, 1.165) is 11.1 Å². The summed E-state index contributed by atoms with van der Waals surface area (Å²) in [6.07, 6.45) is 2.71. The van der Waals surface area contributed by atoms with E-state index in [4.69, 9.17) is 4.42 Å². The molecule has 8 heteroatoms. The average molecular weight is 336 g/mol. The van der Waals surface area contributed by atoms with Crippen molar-refractivity contribution in [2.24, 2.45) is 5.10 Å². The lowest BCUT2D eigenvalue weighted by Gasteiger charge is -2.03. The van der Waals surface area contributed by atoms with E-state index < -0.39 is 16.7 Å². The Hall–Kier alpha value is -3.81. The number of benzene rings is 1. The van der Waals surface area contributed by atoms with Gasteiger partial charge in [0.25, 0.3) is 5.91 Å². The van der Waals surface area contributed by atoms with Crippen LogP contribution in [0.5, 0.6) is 0 Å². The number of aromatic nitrogens is 1. The van der Waals surface area contributed by atoms with Gasteiger partial charge in [-0.3, -0.25) is 19.9 Å². The van der Waals surface area contributed by atoms with E-state index in [0.29, 0.717) is 0 Å². The van der Waals surface area contributed by atoms with Gasteiger partial charge >= 0.3 is 5.88 Å². The van der Waals surface area contributed by atoms with Crippen LogP contribution < -0.4 is 5.43 Å². The van der Waals surface area contributed by atoms with Crippen molar-refractivity contribution in [2.75, 3.05) is 0 Å². The maximum absolute atomic E-state index is 12.1. The van der Waals surface area contributed by atoms with E-state index in [2.05, 4.69) is 15.5 Å². The molecule has 1 amide bonds. The Kier molecular flexibility index (Phi) is 4.61. The Bertz CT molecular complexity index is 935. The quantitative estimate of drug-likeness (QED) is 0.437. The van der Waals surface area contributed by atoms with E-state index in [9.17, 15) is 14.9 Å². The third kappa shape index (κ3) is 3.94. The van der Waals surface area contributed by atoms with E-state index in [1.165, 1.54) is 24.5 Å². The minimum Gasteiger partial charge on any atom is -0.400 e. The van der Waals surface area contributed by atoms with Crippen molar-refractivity contribution in [1.82, 2.24) is 10.4 Å². The monoisotopic (exact) mass is 336 g/mol. The molecular weight excluding hydrogens is 324 g/mol. The summed E-state index contributed by atoms with van der Waals surface area (Å²) in [6, 6.07) is 15.6. The number of pyridine rings is 1. The van der Waals surface area contributed by atoms with Gasteiger partial charge in [0.05, 0.1) is 12.3 Å². The van der Waals surface area contributed by atoms with Crippen LogP contribution in [0.3, 0.4) is 0 Å². The first kappa shape index (κ1) is 16.1. The van der Waals surface area contributed by atoms with Gasteiger partial charge in [-0.15, -0.1) is 0 Å². The molecule has 0 bridgehead atoms. The summed E-state index contributed by atoms with van der Waals surface area (Å²) < 4.78 is 4.89. The molecule has 0 unspecified atom stereocenters. The number of amides is 1. The van der Waals surface area contributed by atoms with Crippen LogP contribution in [-0.2, 0) is 0 Å². The summed E-state index contributed by atoms with van der Waals surface area (Å²) in [6.45, 7) is 0. The smallest absolute Gasteiger partial charge is 0.400 e. The largest absolute Gasteiger partial charge is 0.433 e. The molecule has 0 aliphatic rings. The number of carbonyl (C=O) groups is 1. The lowest BCUT2D eigenvalue weighted by Crippen LogP contribution is -2.18. The van der Waals surface area contributed by atoms with Gasteiger partial charge in [-0.25, -0.2) is 5.43 Å². The minimum absolute atomic E-state index is 0.151. The lowest BCUT2D eigenvalue weighted by molar-refractivity contribution is -0.402. The number of nitro groups is 1. The Morgan fingerprint density at radius 1 is 1.16 bits per heavy atom.